The molecular weight excluding hydrogens is 252 g/mol. The van der Waals surface area contributed by atoms with E-state index in [1.54, 1.807) is 0 Å². The summed E-state index contributed by atoms with van der Waals surface area (Å²) in [6.07, 6.45) is 0.689. The van der Waals surface area contributed by atoms with E-state index in [9.17, 15) is 9.59 Å². The fraction of sp³-hybridized carbons (Fsp3) is 0.833. The molecule has 0 unspecified atom stereocenters. The van der Waals surface area contributed by atoms with Gasteiger partial charge in [-0.1, -0.05) is 0 Å². The van der Waals surface area contributed by atoms with Gasteiger partial charge in [-0.2, -0.15) is 0 Å². The van der Waals surface area contributed by atoms with Crippen LogP contribution in [0.5, 0.6) is 0 Å². The molecule has 0 saturated carbocycles. The molecular formula is C12H22N2O5. The average Bonchev–Trinajstić information content (AvgIpc) is 2.38. The highest BCUT2D eigenvalue weighted by Gasteiger charge is 2.28. The van der Waals surface area contributed by atoms with Crippen LogP contribution < -0.4 is 11.1 Å². The van der Waals surface area contributed by atoms with Crippen molar-refractivity contribution in [3.63, 3.8) is 0 Å². The number of nitrogens with two attached hydrogens (primary N) is 1. The minimum atomic E-state index is -0.520. The normalized spacial score (nSPS) is 23.0. The number of carbonyl (C=O) groups excluding carboxylic acids is 2. The van der Waals surface area contributed by atoms with Crippen molar-refractivity contribution >= 4 is 11.8 Å². The highest BCUT2D eigenvalue weighted by Crippen LogP contribution is 2.12. The molecule has 7 nitrogen and oxygen atoms in total. The van der Waals surface area contributed by atoms with Gasteiger partial charge in [-0.25, -0.2) is 0 Å². The van der Waals surface area contributed by atoms with Crippen molar-refractivity contribution in [3.8, 4) is 0 Å². The Hall–Kier alpha value is -1.18. The van der Waals surface area contributed by atoms with Gasteiger partial charge in [0.25, 0.3) is 0 Å². The zero-order chi connectivity index (χ0) is 14.1. The van der Waals surface area contributed by atoms with E-state index in [2.05, 4.69) is 5.32 Å². The maximum Gasteiger partial charge on any atom is 0.243 e. The zero-order valence-electron chi connectivity index (χ0n) is 11.2. The highest BCUT2D eigenvalue weighted by atomic mass is 16.5. The van der Waals surface area contributed by atoms with Crippen LogP contribution in [-0.2, 0) is 23.8 Å². The van der Waals surface area contributed by atoms with Crippen molar-refractivity contribution in [3.05, 3.63) is 0 Å². The van der Waals surface area contributed by atoms with Crippen molar-refractivity contribution in [2.45, 2.75) is 31.9 Å². The van der Waals surface area contributed by atoms with Gasteiger partial charge in [0.2, 0.25) is 11.8 Å². The lowest BCUT2D eigenvalue weighted by atomic mass is 10.1. The van der Waals surface area contributed by atoms with E-state index in [0.29, 0.717) is 39.3 Å². The van der Waals surface area contributed by atoms with Crippen LogP contribution >= 0.6 is 0 Å². The van der Waals surface area contributed by atoms with Crippen LogP contribution in [0.3, 0.4) is 0 Å². The summed E-state index contributed by atoms with van der Waals surface area (Å²) in [6.45, 7) is 3.64. The van der Waals surface area contributed by atoms with Gasteiger partial charge in [0.1, 0.15) is 6.61 Å². The van der Waals surface area contributed by atoms with Crippen molar-refractivity contribution in [2.24, 2.45) is 5.73 Å². The third-order valence-electron chi connectivity index (χ3n) is 2.76. The Morgan fingerprint density at radius 1 is 1.47 bits per heavy atom. The molecule has 2 amide bonds. The Balaban J connectivity index is 2.34. The standard InChI is InChI=1S/C12H22N2O5/c1-2-17-6-4-12(16)14-9-7-18-5-3-10(9)19-8-11(13)15/h9-10H,2-8H2,1H3,(H2,13,15)(H,14,16)/t9-,10+/m1/s1. The molecule has 1 heterocycles. The fourth-order valence-electron chi connectivity index (χ4n) is 1.83. The Kier molecular flexibility index (Phi) is 7.39. The van der Waals surface area contributed by atoms with Crippen molar-refractivity contribution in [2.75, 3.05) is 33.0 Å². The summed E-state index contributed by atoms with van der Waals surface area (Å²) in [4.78, 5) is 22.4. The Morgan fingerprint density at radius 2 is 2.26 bits per heavy atom. The molecule has 0 aliphatic carbocycles. The van der Waals surface area contributed by atoms with Crippen LogP contribution in [0.15, 0.2) is 0 Å². The molecule has 2 atom stereocenters. The Morgan fingerprint density at radius 3 is 2.95 bits per heavy atom. The quantitative estimate of drug-likeness (QED) is 0.564. The summed E-state index contributed by atoms with van der Waals surface area (Å²) < 4.78 is 15.8. The first-order chi connectivity index (χ1) is 9.13. The third-order valence-corrected chi connectivity index (χ3v) is 2.76. The monoisotopic (exact) mass is 274 g/mol. The van der Waals surface area contributed by atoms with Gasteiger partial charge in [0, 0.05) is 19.6 Å². The molecule has 7 heteroatoms. The van der Waals surface area contributed by atoms with Crippen LogP contribution in [0.4, 0.5) is 0 Å². The minimum absolute atomic E-state index is 0.114. The van der Waals surface area contributed by atoms with Gasteiger partial charge < -0.3 is 25.3 Å². The van der Waals surface area contributed by atoms with Crippen molar-refractivity contribution in [1.29, 1.82) is 0 Å². The van der Waals surface area contributed by atoms with E-state index in [-0.39, 0.29) is 24.7 Å². The maximum absolute atomic E-state index is 11.7. The third kappa shape index (κ3) is 6.51. The van der Waals surface area contributed by atoms with Crippen LogP contribution in [-0.4, -0.2) is 57.0 Å². The molecule has 1 aliphatic rings. The van der Waals surface area contributed by atoms with Gasteiger partial charge in [-0.05, 0) is 13.3 Å². The number of primary amides is 1. The van der Waals surface area contributed by atoms with E-state index in [4.69, 9.17) is 19.9 Å². The number of hydrogen-bond donors (Lipinski definition) is 2. The topological polar surface area (TPSA) is 99.9 Å². The number of carbonyl (C=O) groups is 2. The summed E-state index contributed by atoms with van der Waals surface area (Å²) in [7, 11) is 0. The van der Waals surface area contributed by atoms with Crippen molar-refractivity contribution in [1.82, 2.24) is 5.32 Å². The second-order valence-corrected chi connectivity index (χ2v) is 4.30. The molecule has 1 aliphatic heterocycles. The predicted molar refractivity (Wildman–Crippen MR) is 67.4 cm³/mol. The summed E-state index contributed by atoms with van der Waals surface area (Å²) in [5, 5.41) is 2.83. The van der Waals surface area contributed by atoms with Crippen molar-refractivity contribution < 1.29 is 23.8 Å². The number of hydrogen-bond acceptors (Lipinski definition) is 5. The van der Waals surface area contributed by atoms with Crippen LogP contribution in [0.1, 0.15) is 19.8 Å². The first-order valence-corrected chi connectivity index (χ1v) is 6.48. The average molecular weight is 274 g/mol. The fourth-order valence-corrected chi connectivity index (χ4v) is 1.83. The van der Waals surface area contributed by atoms with Gasteiger partial charge in [0.15, 0.2) is 0 Å². The molecule has 3 N–H and O–H groups in total. The lowest BCUT2D eigenvalue weighted by Gasteiger charge is -2.31. The Labute approximate surface area is 112 Å². The lowest BCUT2D eigenvalue weighted by Crippen LogP contribution is -2.51. The molecule has 0 spiro atoms. The second-order valence-electron chi connectivity index (χ2n) is 4.30. The number of nitrogens with one attached hydrogen (secondary N) is 1. The first kappa shape index (κ1) is 15.9. The van der Waals surface area contributed by atoms with Gasteiger partial charge >= 0.3 is 0 Å². The molecule has 0 aromatic rings. The molecule has 0 aromatic carbocycles. The van der Waals surface area contributed by atoms with Crippen LogP contribution in [0.25, 0.3) is 0 Å². The SMILES string of the molecule is CCOCCC(=O)N[C@@H]1COCC[C@@H]1OCC(N)=O. The first-order valence-electron chi connectivity index (χ1n) is 6.48. The van der Waals surface area contributed by atoms with E-state index < -0.39 is 5.91 Å². The van der Waals surface area contributed by atoms with E-state index in [1.165, 1.54) is 0 Å². The number of rotatable bonds is 8. The van der Waals surface area contributed by atoms with Crippen LogP contribution in [0, 0.1) is 0 Å². The van der Waals surface area contributed by atoms with E-state index >= 15 is 0 Å². The minimum Gasteiger partial charge on any atom is -0.381 e. The lowest BCUT2D eigenvalue weighted by molar-refractivity contribution is -0.131. The second kappa shape index (κ2) is 8.84. The molecule has 1 saturated heterocycles. The Bertz CT molecular complexity index is 298. The summed E-state index contributed by atoms with van der Waals surface area (Å²) in [5.41, 5.74) is 5.04. The highest BCUT2D eigenvalue weighted by molar-refractivity contribution is 5.76. The molecule has 1 rings (SSSR count). The molecule has 0 bridgehead atoms. The molecule has 0 aromatic heterocycles. The number of amides is 2. The van der Waals surface area contributed by atoms with E-state index in [1.807, 2.05) is 6.92 Å². The maximum atomic E-state index is 11.7. The smallest absolute Gasteiger partial charge is 0.243 e. The predicted octanol–water partition coefficient (Wildman–Crippen LogP) is -0.811. The van der Waals surface area contributed by atoms with Gasteiger partial charge in [-0.15, -0.1) is 0 Å². The molecule has 19 heavy (non-hydrogen) atoms. The number of ether oxygens (including phenoxy) is 3. The summed E-state index contributed by atoms with van der Waals surface area (Å²) in [6, 6.07) is -0.248. The van der Waals surface area contributed by atoms with E-state index in [0.717, 1.165) is 0 Å². The largest absolute Gasteiger partial charge is 0.381 e. The van der Waals surface area contributed by atoms with Gasteiger partial charge in [-0.3, -0.25) is 9.59 Å². The molecule has 0 radical (unpaired) electrons. The van der Waals surface area contributed by atoms with Gasteiger partial charge in [0.05, 0.1) is 25.4 Å². The summed E-state index contributed by atoms with van der Waals surface area (Å²) in [5.74, 6) is -0.635. The molecule has 1 fully saturated rings. The van der Waals surface area contributed by atoms with Crippen LogP contribution in [0.2, 0.25) is 0 Å². The zero-order valence-corrected chi connectivity index (χ0v) is 11.2. The molecule has 110 valence electrons. The summed E-state index contributed by atoms with van der Waals surface area (Å²) >= 11 is 0.